The van der Waals surface area contributed by atoms with Gasteiger partial charge in [0.05, 0.1) is 17.6 Å². The molecule has 1 aliphatic rings. The summed E-state index contributed by atoms with van der Waals surface area (Å²) in [5.41, 5.74) is 2.30. The van der Waals surface area contributed by atoms with E-state index in [1.54, 1.807) is 0 Å². The van der Waals surface area contributed by atoms with E-state index in [2.05, 4.69) is 50.8 Å². The minimum Gasteiger partial charge on any atom is -0.335 e. The highest BCUT2D eigenvalue weighted by molar-refractivity contribution is 5.75. The molecule has 1 aromatic carbocycles. The van der Waals surface area contributed by atoms with Crippen molar-refractivity contribution in [1.82, 2.24) is 24.4 Å². The highest BCUT2D eigenvalue weighted by Gasteiger charge is 2.21. The molecule has 0 aliphatic carbocycles. The number of imidazole rings is 2. The number of rotatable bonds is 5. The lowest BCUT2D eigenvalue weighted by Crippen LogP contribution is -2.27. The normalized spacial score (nSPS) is 17.5. The zero-order valence-electron chi connectivity index (χ0n) is 13.6. The zero-order chi connectivity index (χ0) is 15.6. The fraction of sp³-hybridized carbons (Fsp3) is 0.444. The lowest BCUT2D eigenvalue weighted by Gasteiger charge is -2.23. The van der Waals surface area contributed by atoms with Gasteiger partial charge in [0, 0.05) is 37.9 Å². The topological polar surface area (TPSA) is 47.7 Å². The summed E-state index contributed by atoms with van der Waals surface area (Å²) in [5, 5.41) is 3.60. The predicted molar refractivity (Wildman–Crippen MR) is 91.3 cm³/mol. The van der Waals surface area contributed by atoms with Gasteiger partial charge in [-0.3, -0.25) is 0 Å². The van der Waals surface area contributed by atoms with Gasteiger partial charge in [-0.2, -0.15) is 0 Å². The molecule has 1 unspecified atom stereocenters. The van der Waals surface area contributed by atoms with Crippen LogP contribution in [0.5, 0.6) is 0 Å². The van der Waals surface area contributed by atoms with E-state index < -0.39 is 0 Å². The molecule has 23 heavy (non-hydrogen) atoms. The average molecular weight is 309 g/mol. The van der Waals surface area contributed by atoms with Crippen molar-refractivity contribution in [3.63, 3.8) is 0 Å². The number of aryl methyl sites for hydroxylation is 2. The van der Waals surface area contributed by atoms with Crippen molar-refractivity contribution in [3.05, 3.63) is 48.3 Å². The second-order valence-corrected chi connectivity index (χ2v) is 6.21. The Bertz CT molecular complexity index is 801. The highest BCUT2D eigenvalue weighted by atomic mass is 15.1. The molecule has 1 atom stereocenters. The van der Waals surface area contributed by atoms with E-state index in [9.17, 15) is 0 Å². The van der Waals surface area contributed by atoms with Gasteiger partial charge in [-0.05, 0) is 31.9 Å². The molecule has 3 heterocycles. The van der Waals surface area contributed by atoms with Crippen molar-refractivity contribution in [1.29, 1.82) is 0 Å². The van der Waals surface area contributed by atoms with Crippen LogP contribution in [0.25, 0.3) is 11.0 Å². The number of nitrogens with one attached hydrogen (secondary N) is 1. The Morgan fingerprint density at radius 2 is 2.22 bits per heavy atom. The van der Waals surface area contributed by atoms with Crippen molar-refractivity contribution in [2.75, 3.05) is 6.54 Å². The summed E-state index contributed by atoms with van der Waals surface area (Å²) in [6, 6.07) is 8.36. The molecular weight excluding hydrogens is 286 g/mol. The van der Waals surface area contributed by atoms with Crippen molar-refractivity contribution in [3.8, 4) is 0 Å². The van der Waals surface area contributed by atoms with Crippen LogP contribution < -0.4 is 5.32 Å². The van der Waals surface area contributed by atoms with Gasteiger partial charge in [-0.25, -0.2) is 9.97 Å². The van der Waals surface area contributed by atoms with Crippen molar-refractivity contribution < 1.29 is 0 Å². The first-order valence-corrected chi connectivity index (χ1v) is 8.52. The number of hydrogen-bond donors (Lipinski definition) is 1. The first-order chi connectivity index (χ1) is 11.4. The molecule has 0 saturated heterocycles. The molecule has 0 radical (unpaired) electrons. The predicted octanol–water partition coefficient (Wildman–Crippen LogP) is 2.92. The Morgan fingerprint density at radius 1 is 1.30 bits per heavy atom. The Balaban J connectivity index is 1.46. The Morgan fingerprint density at radius 3 is 3.13 bits per heavy atom. The summed E-state index contributed by atoms with van der Waals surface area (Å²) in [7, 11) is 0. The van der Waals surface area contributed by atoms with Crippen LogP contribution in [0.3, 0.4) is 0 Å². The molecule has 0 bridgehead atoms. The van der Waals surface area contributed by atoms with Crippen LogP contribution in [-0.4, -0.2) is 25.6 Å². The summed E-state index contributed by atoms with van der Waals surface area (Å²) in [6.07, 6.45) is 6.47. The van der Waals surface area contributed by atoms with Gasteiger partial charge in [0.15, 0.2) is 0 Å². The lowest BCUT2D eigenvalue weighted by molar-refractivity contribution is 0.420. The van der Waals surface area contributed by atoms with Crippen LogP contribution in [0.15, 0.2) is 36.7 Å². The zero-order valence-corrected chi connectivity index (χ0v) is 13.6. The lowest BCUT2D eigenvalue weighted by atomic mass is 9.99. The molecule has 0 fully saturated rings. The molecule has 1 N–H and O–H groups in total. The smallest absolute Gasteiger partial charge is 0.123 e. The maximum Gasteiger partial charge on any atom is 0.123 e. The van der Waals surface area contributed by atoms with Gasteiger partial charge in [0.2, 0.25) is 0 Å². The SMILES string of the molecule is CCn1c(CNCC2CCCn3ccnc32)nc2ccccc21. The van der Waals surface area contributed by atoms with Crippen LogP contribution >= 0.6 is 0 Å². The van der Waals surface area contributed by atoms with E-state index in [0.29, 0.717) is 5.92 Å². The third-order valence-electron chi connectivity index (χ3n) is 4.79. The summed E-state index contributed by atoms with van der Waals surface area (Å²) < 4.78 is 4.58. The number of aromatic nitrogens is 4. The van der Waals surface area contributed by atoms with Gasteiger partial charge >= 0.3 is 0 Å². The summed E-state index contributed by atoms with van der Waals surface area (Å²) in [6.45, 7) is 6.00. The molecular formula is C18H23N5. The monoisotopic (exact) mass is 309 g/mol. The summed E-state index contributed by atoms with van der Waals surface area (Å²) >= 11 is 0. The number of para-hydroxylation sites is 2. The Labute approximate surface area is 136 Å². The number of hydrogen-bond acceptors (Lipinski definition) is 3. The molecule has 0 spiro atoms. The third-order valence-corrected chi connectivity index (χ3v) is 4.79. The quantitative estimate of drug-likeness (QED) is 0.788. The molecule has 4 rings (SSSR count). The first-order valence-electron chi connectivity index (χ1n) is 8.52. The number of nitrogens with zero attached hydrogens (tertiary/aromatic N) is 4. The minimum atomic E-state index is 0.512. The molecule has 2 aromatic heterocycles. The maximum atomic E-state index is 4.78. The molecule has 0 saturated carbocycles. The number of fused-ring (bicyclic) bond motifs is 2. The largest absolute Gasteiger partial charge is 0.335 e. The summed E-state index contributed by atoms with van der Waals surface area (Å²) in [4.78, 5) is 9.31. The van der Waals surface area contributed by atoms with E-state index in [1.807, 2.05) is 12.3 Å². The maximum absolute atomic E-state index is 4.78. The van der Waals surface area contributed by atoms with E-state index in [4.69, 9.17) is 4.98 Å². The van der Waals surface area contributed by atoms with Gasteiger partial charge in [-0.1, -0.05) is 12.1 Å². The molecule has 1 aliphatic heterocycles. The Kier molecular flexibility index (Phi) is 3.87. The second kappa shape index (κ2) is 6.16. The van der Waals surface area contributed by atoms with Gasteiger partial charge in [-0.15, -0.1) is 0 Å². The second-order valence-electron chi connectivity index (χ2n) is 6.21. The van der Waals surface area contributed by atoms with Gasteiger partial charge in [0.1, 0.15) is 11.6 Å². The van der Waals surface area contributed by atoms with Crippen molar-refractivity contribution >= 4 is 11.0 Å². The van der Waals surface area contributed by atoms with Crippen molar-refractivity contribution in [2.24, 2.45) is 0 Å². The number of benzene rings is 1. The highest BCUT2D eigenvalue weighted by Crippen LogP contribution is 2.25. The molecule has 5 nitrogen and oxygen atoms in total. The summed E-state index contributed by atoms with van der Waals surface area (Å²) in [5.74, 6) is 2.86. The van der Waals surface area contributed by atoms with E-state index in [0.717, 1.165) is 37.5 Å². The van der Waals surface area contributed by atoms with Crippen LogP contribution in [0, 0.1) is 0 Å². The van der Waals surface area contributed by atoms with E-state index in [-0.39, 0.29) is 0 Å². The van der Waals surface area contributed by atoms with Gasteiger partial charge in [0.25, 0.3) is 0 Å². The Hall–Kier alpha value is -2.14. The molecule has 5 heteroatoms. The van der Waals surface area contributed by atoms with E-state index >= 15 is 0 Å². The average Bonchev–Trinajstić information content (AvgIpc) is 3.19. The van der Waals surface area contributed by atoms with Crippen LogP contribution in [-0.2, 0) is 19.6 Å². The molecule has 120 valence electrons. The van der Waals surface area contributed by atoms with Crippen LogP contribution in [0.4, 0.5) is 0 Å². The van der Waals surface area contributed by atoms with Gasteiger partial charge < -0.3 is 14.5 Å². The van der Waals surface area contributed by atoms with Crippen LogP contribution in [0.2, 0.25) is 0 Å². The van der Waals surface area contributed by atoms with Crippen LogP contribution in [0.1, 0.15) is 37.3 Å². The fourth-order valence-corrected chi connectivity index (χ4v) is 3.67. The fourth-order valence-electron chi connectivity index (χ4n) is 3.67. The third kappa shape index (κ3) is 2.65. The van der Waals surface area contributed by atoms with Crippen molar-refractivity contribution in [2.45, 2.75) is 45.3 Å². The first kappa shape index (κ1) is 14.5. The molecule has 3 aromatic rings. The standard InChI is InChI=1S/C18H23N5/c1-2-23-16-8-4-3-7-15(16)21-17(23)13-19-12-14-6-5-10-22-11-9-20-18(14)22/h3-4,7-9,11,14,19H,2,5-6,10,12-13H2,1H3. The van der Waals surface area contributed by atoms with E-state index in [1.165, 1.54) is 24.2 Å². The minimum absolute atomic E-state index is 0.512. The molecule has 0 amide bonds.